The van der Waals surface area contributed by atoms with Crippen molar-refractivity contribution in [2.75, 3.05) is 17.3 Å². The van der Waals surface area contributed by atoms with Gasteiger partial charge in [-0.25, -0.2) is 4.98 Å². The summed E-state index contributed by atoms with van der Waals surface area (Å²) in [5.41, 5.74) is 2.09. The average Bonchev–Trinajstić information content (AvgIpc) is 2.79. The van der Waals surface area contributed by atoms with Gasteiger partial charge in [0, 0.05) is 35.3 Å². The lowest BCUT2D eigenvalue weighted by Crippen LogP contribution is -2.21. The van der Waals surface area contributed by atoms with Gasteiger partial charge in [-0.3, -0.25) is 4.98 Å². The first-order chi connectivity index (χ1) is 9.25. The zero-order chi connectivity index (χ0) is 13.2. The van der Waals surface area contributed by atoms with E-state index in [0.29, 0.717) is 5.25 Å². The minimum Gasteiger partial charge on any atom is -0.325 e. The smallest absolute Gasteiger partial charge is 0.127 e. The van der Waals surface area contributed by atoms with Gasteiger partial charge in [0.05, 0.1) is 17.1 Å². The van der Waals surface area contributed by atoms with Crippen LogP contribution < -0.4 is 0 Å². The second kappa shape index (κ2) is 5.94. The summed E-state index contributed by atoms with van der Waals surface area (Å²) in [6.07, 6.45) is 3.64. The van der Waals surface area contributed by atoms with E-state index in [1.54, 1.807) is 0 Å². The van der Waals surface area contributed by atoms with E-state index in [0.717, 1.165) is 23.4 Å². The third kappa shape index (κ3) is 2.88. The van der Waals surface area contributed by atoms with Crippen LogP contribution in [0.2, 0.25) is 0 Å². The molecular formula is C13H16ClN3S2. The van der Waals surface area contributed by atoms with Crippen LogP contribution in [-0.2, 0) is 6.54 Å². The van der Waals surface area contributed by atoms with Gasteiger partial charge in [0.15, 0.2) is 0 Å². The number of alkyl halides is 1. The first-order valence-electron chi connectivity index (χ1n) is 6.39. The van der Waals surface area contributed by atoms with E-state index < -0.39 is 0 Å². The summed E-state index contributed by atoms with van der Waals surface area (Å²) in [7, 11) is 0. The van der Waals surface area contributed by atoms with E-state index in [2.05, 4.69) is 26.3 Å². The Balaban J connectivity index is 1.97. The molecule has 0 bridgehead atoms. The molecule has 0 N–H and O–H groups in total. The Morgan fingerprint density at radius 1 is 1.53 bits per heavy atom. The van der Waals surface area contributed by atoms with Gasteiger partial charge < -0.3 is 4.57 Å². The number of fused-ring (bicyclic) bond motifs is 1. The highest BCUT2D eigenvalue weighted by Gasteiger charge is 2.20. The zero-order valence-electron chi connectivity index (χ0n) is 10.8. The largest absolute Gasteiger partial charge is 0.325 e. The van der Waals surface area contributed by atoms with Crippen LogP contribution in [0.3, 0.4) is 0 Å². The molecule has 2 aromatic heterocycles. The van der Waals surface area contributed by atoms with Crippen LogP contribution >= 0.6 is 35.1 Å². The van der Waals surface area contributed by atoms with Crippen molar-refractivity contribution in [1.29, 1.82) is 0 Å². The third-order valence-corrected chi connectivity index (χ3v) is 6.23. The summed E-state index contributed by atoms with van der Waals surface area (Å²) in [6, 6.07) is 2.03. The van der Waals surface area contributed by atoms with Gasteiger partial charge >= 0.3 is 0 Å². The van der Waals surface area contributed by atoms with Crippen LogP contribution in [-0.4, -0.2) is 37.0 Å². The maximum Gasteiger partial charge on any atom is 0.127 e. The predicted octanol–water partition coefficient (Wildman–Crippen LogP) is 3.58. The van der Waals surface area contributed by atoms with Crippen molar-refractivity contribution in [3.05, 3.63) is 24.3 Å². The van der Waals surface area contributed by atoms with Crippen LogP contribution in [0, 0.1) is 0 Å². The highest BCUT2D eigenvalue weighted by molar-refractivity contribution is 8.06. The molecule has 1 aliphatic heterocycles. The number of hydrogen-bond acceptors (Lipinski definition) is 4. The molecule has 0 radical (unpaired) electrons. The Labute approximate surface area is 126 Å². The van der Waals surface area contributed by atoms with Crippen LogP contribution in [0.5, 0.6) is 0 Å². The van der Waals surface area contributed by atoms with Gasteiger partial charge in [-0.1, -0.05) is 0 Å². The Morgan fingerprint density at radius 3 is 3.16 bits per heavy atom. The summed E-state index contributed by atoms with van der Waals surface area (Å²) in [4.78, 5) is 8.78. The van der Waals surface area contributed by atoms with Gasteiger partial charge in [0.2, 0.25) is 0 Å². The summed E-state index contributed by atoms with van der Waals surface area (Å²) in [5, 5.41) is 0.576. The van der Waals surface area contributed by atoms with Crippen LogP contribution in [0.25, 0.3) is 11.0 Å². The van der Waals surface area contributed by atoms with Crippen molar-refractivity contribution in [3.8, 4) is 0 Å². The Kier molecular flexibility index (Phi) is 4.24. The molecule has 1 aliphatic rings. The number of pyridine rings is 1. The molecule has 3 heterocycles. The first kappa shape index (κ1) is 13.6. The molecule has 2 aromatic rings. The highest BCUT2D eigenvalue weighted by Crippen LogP contribution is 2.29. The highest BCUT2D eigenvalue weighted by atomic mass is 35.5. The molecule has 0 spiro atoms. The van der Waals surface area contributed by atoms with Crippen LogP contribution in [0.4, 0.5) is 0 Å². The number of rotatable bonds is 3. The monoisotopic (exact) mass is 313 g/mol. The van der Waals surface area contributed by atoms with Gasteiger partial charge in [0.25, 0.3) is 0 Å². The van der Waals surface area contributed by atoms with E-state index in [4.69, 9.17) is 11.6 Å². The number of imidazole rings is 1. The molecule has 3 rings (SSSR count). The topological polar surface area (TPSA) is 30.7 Å². The summed E-state index contributed by atoms with van der Waals surface area (Å²) in [5.74, 6) is 4.69. The quantitative estimate of drug-likeness (QED) is 0.810. The van der Waals surface area contributed by atoms with Gasteiger partial charge in [-0.2, -0.15) is 23.5 Å². The number of thioether (sulfide) groups is 2. The average molecular weight is 314 g/mol. The van der Waals surface area contributed by atoms with Crippen molar-refractivity contribution in [3.63, 3.8) is 0 Å². The third-order valence-electron chi connectivity index (χ3n) is 3.21. The Hall–Kier alpha value is -0.390. The fourth-order valence-electron chi connectivity index (χ4n) is 2.34. The van der Waals surface area contributed by atoms with Crippen molar-refractivity contribution in [2.24, 2.45) is 0 Å². The second-order valence-corrected chi connectivity index (χ2v) is 7.84. The molecular weight excluding hydrogens is 298 g/mol. The molecule has 102 valence electrons. The van der Waals surface area contributed by atoms with E-state index >= 15 is 0 Å². The maximum absolute atomic E-state index is 6.28. The predicted molar refractivity (Wildman–Crippen MR) is 85.4 cm³/mol. The fourth-order valence-corrected chi connectivity index (χ4v) is 5.16. The van der Waals surface area contributed by atoms with Crippen molar-refractivity contribution < 1.29 is 0 Å². The van der Waals surface area contributed by atoms with Gasteiger partial charge in [0.1, 0.15) is 11.3 Å². The number of nitrogens with zero attached hydrogens (tertiary/aromatic N) is 3. The minimum absolute atomic E-state index is 0.0753. The lowest BCUT2D eigenvalue weighted by atomic mass is 10.3. The van der Waals surface area contributed by atoms with E-state index in [1.807, 2.05) is 37.1 Å². The van der Waals surface area contributed by atoms with E-state index in [1.165, 1.54) is 17.3 Å². The number of aromatic nitrogens is 3. The molecule has 0 saturated carbocycles. The molecule has 0 aliphatic carbocycles. The summed E-state index contributed by atoms with van der Waals surface area (Å²) >= 11 is 10.4. The van der Waals surface area contributed by atoms with Crippen LogP contribution in [0.1, 0.15) is 18.1 Å². The van der Waals surface area contributed by atoms with E-state index in [-0.39, 0.29) is 5.38 Å². The van der Waals surface area contributed by atoms with Crippen molar-refractivity contribution in [2.45, 2.75) is 24.1 Å². The maximum atomic E-state index is 6.28. The number of hydrogen-bond donors (Lipinski definition) is 0. The minimum atomic E-state index is -0.0753. The Bertz CT molecular complexity index is 564. The SMILES string of the molecule is CC(Cl)c1nc2cnccc2n1CC1CSCCS1. The molecule has 1 fully saturated rings. The van der Waals surface area contributed by atoms with Crippen LogP contribution in [0.15, 0.2) is 18.5 Å². The molecule has 19 heavy (non-hydrogen) atoms. The normalized spacial score (nSPS) is 21.7. The first-order valence-corrected chi connectivity index (χ1v) is 9.03. The molecule has 0 aromatic carbocycles. The molecule has 1 saturated heterocycles. The second-order valence-electron chi connectivity index (χ2n) is 4.63. The summed E-state index contributed by atoms with van der Waals surface area (Å²) < 4.78 is 2.28. The van der Waals surface area contributed by atoms with Crippen molar-refractivity contribution in [1.82, 2.24) is 14.5 Å². The number of halogens is 1. The molecule has 6 heteroatoms. The van der Waals surface area contributed by atoms with E-state index in [9.17, 15) is 0 Å². The molecule has 0 amide bonds. The molecule has 3 nitrogen and oxygen atoms in total. The Morgan fingerprint density at radius 2 is 2.42 bits per heavy atom. The van der Waals surface area contributed by atoms with Crippen molar-refractivity contribution >= 4 is 46.2 Å². The van der Waals surface area contributed by atoms with Gasteiger partial charge in [-0.15, -0.1) is 11.6 Å². The zero-order valence-corrected chi connectivity index (χ0v) is 13.1. The lowest BCUT2D eigenvalue weighted by Gasteiger charge is -2.23. The molecule has 2 unspecified atom stereocenters. The lowest BCUT2D eigenvalue weighted by molar-refractivity contribution is 0.667. The standard InChI is InChI=1S/C13H16ClN3S2/c1-9(14)13-16-11-6-15-3-2-12(11)17(13)7-10-8-18-4-5-19-10/h2-3,6,9-10H,4-5,7-8H2,1H3. The molecule has 2 atom stereocenters. The summed E-state index contributed by atoms with van der Waals surface area (Å²) in [6.45, 7) is 2.97. The van der Waals surface area contributed by atoms with Gasteiger partial charge in [-0.05, 0) is 13.0 Å². The fraction of sp³-hybridized carbons (Fsp3) is 0.538.